The summed E-state index contributed by atoms with van der Waals surface area (Å²) in [5.41, 5.74) is 0. The molecule has 0 saturated heterocycles. The molecule has 0 aliphatic carbocycles. The van der Waals surface area contributed by atoms with Gasteiger partial charge in [0.25, 0.3) is 0 Å². The molecule has 0 radical (unpaired) electrons. The topological polar surface area (TPSA) is 44.8 Å². The molecule has 0 heterocycles. The van der Waals surface area contributed by atoms with Crippen molar-refractivity contribution in [1.82, 2.24) is 0 Å². The van der Waals surface area contributed by atoms with Crippen LogP contribution in [0.1, 0.15) is 13.8 Å². The molecule has 84 valence electrons. The summed E-state index contributed by atoms with van der Waals surface area (Å²) in [4.78, 5) is 10.3. The minimum Gasteiger partial charge on any atom is -0.404 e. The van der Waals surface area contributed by atoms with Gasteiger partial charge in [-0.1, -0.05) is 0 Å². The van der Waals surface area contributed by atoms with Crippen molar-refractivity contribution < 1.29 is 32.2 Å². The summed E-state index contributed by atoms with van der Waals surface area (Å²) in [5.74, 6) is -2.33. The van der Waals surface area contributed by atoms with Crippen LogP contribution < -0.4 is 0 Å². The summed E-state index contributed by atoms with van der Waals surface area (Å²) in [6.45, 7) is 1.63. The number of alkyl halides is 3. The summed E-state index contributed by atoms with van der Waals surface area (Å²) < 4.78 is 48.2. The van der Waals surface area contributed by atoms with E-state index in [1.807, 2.05) is 0 Å². The van der Waals surface area contributed by atoms with Crippen molar-refractivity contribution in [3.8, 4) is 0 Å². The van der Waals surface area contributed by atoms with Crippen molar-refractivity contribution in [2.24, 2.45) is 0 Å². The molecule has 0 aliphatic heterocycles. The molecule has 0 unspecified atom stereocenters. The molecule has 0 rings (SSSR count). The van der Waals surface area contributed by atoms with E-state index in [1.54, 1.807) is 0 Å². The van der Waals surface area contributed by atoms with Gasteiger partial charge >= 0.3 is 18.6 Å². The number of ether oxygens (including phenoxy) is 3. The van der Waals surface area contributed by atoms with Gasteiger partial charge in [0.15, 0.2) is 0 Å². The van der Waals surface area contributed by atoms with Crippen LogP contribution in [-0.2, 0) is 19.0 Å². The Morgan fingerprint density at radius 3 is 1.93 bits per heavy atom. The van der Waals surface area contributed by atoms with E-state index in [2.05, 4.69) is 14.2 Å². The number of hydrogen-bond donors (Lipinski definition) is 0. The van der Waals surface area contributed by atoms with E-state index >= 15 is 0 Å². The first-order valence-electron chi connectivity index (χ1n) is 3.92. The van der Waals surface area contributed by atoms with Gasteiger partial charge in [-0.2, -0.15) is 13.2 Å². The maximum atomic E-state index is 11.7. The van der Waals surface area contributed by atoms with Crippen molar-refractivity contribution in [2.75, 3.05) is 13.2 Å². The molecule has 0 spiro atoms. The van der Waals surface area contributed by atoms with Gasteiger partial charge in [-0.3, -0.25) is 0 Å². The molecule has 0 atom stereocenters. The monoisotopic (exact) mass is 216 g/mol. The van der Waals surface area contributed by atoms with Gasteiger partial charge in [-0.25, -0.2) is 4.79 Å². The Kier molecular flexibility index (Phi) is 5.47. The van der Waals surface area contributed by atoms with E-state index in [0.29, 0.717) is 0 Å². The predicted octanol–water partition coefficient (Wildman–Crippen LogP) is 1.45. The van der Waals surface area contributed by atoms with Gasteiger partial charge in [-0.15, -0.1) is 0 Å². The highest BCUT2D eigenvalue weighted by atomic mass is 19.4. The van der Waals surface area contributed by atoms with E-state index in [-0.39, 0.29) is 13.2 Å². The van der Waals surface area contributed by atoms with Crippen LogP contribution in [-0.4, -0.2) is 31.8 Å². The maximum absolute atomic E-state index is 11.7. The molecule has 0 fully saturated rings. The average molecular weight is 216 g/mol. The van der Waals surface area contributed by atoms with Crippen molar-refractivity contribution in [1.29, 1.82) is 0 Å². The van der Waals surface area contributed by atoms with E-state index in [0.717, 1.165) is 0 Å². The van der Waals surface area contributed by atoms with Gasteiger partial charge in [0.1, 0.15) is 0 Å². The van der Waals surface area contributed by atoms with E-state index < -0.39 is 18.6 Å². The van der Waals surface area contributed by atoms with Crippen molar-refractivity contribution in [2.45, 2.75) is 26.5 Å². The molecule has 0 aromatic carbocycles. The quantitative estimate of drug-likeness (QED) is 0.515. The third-order valence-corrected chi connectivity index (χ3v) is 1.04. The fourth-order valence-electron chi connectivity index (χ4n) is 0.543. The number of hydrogen-bond acceptors (Lipinski definition) is 4. The van der Waals surface area contributed by atoms with Crippen LogP contribution in [0, 0.1) is 0 Å². The smallest absolute Gasteiger partial charge is 0.404 e. The zero-order valence-electron chi connectivity index (χ0n) is 7.76. The van der Waals surface area contributed by atoms with Crippen molar-refractivity contribution in [3.63, 3.8) is 0 Å². The third kappa shape index (κ3) is 5.03. The lowest BCUT2D eigenvalue weighted by molar-refractivity contribution is -0.291. The van der Waals surface area contributed by atoms with Gasteiger partial charge in [0.2, 0.25) is 0 Å². The SMILES string of the molecule is CCOC(OCC)OC(=O)C(F)(F)F. The lowest BCUT2D eigenvalue weighted by Crippen LogP contribution is -2.33. The Hall–Kier alpha value is -0.820. The van der Waals surface area contributed by atoms with E-state index in [4.69, 9.17) is 0 Å². The van der Waals surface area contributed by atoms with E-state index in [9.17, 15) is 18.0 Å². The lowest BCUT2D eigenvalue weighted by atomic mass is 10.7. The average Bonchev–Trinajstić information content (AvgIpc) is 2.03. The normalized spacial score (nSPS) is 11.9. The molecular formula is C7H11F3O4. The fourth-order valence-corrected chi connectivity index (χ4v) is 0.543. The highest BCUT2D eigenvalue weighted by molar-refractivity contribution is 5.75. The number of halogens is 3. The molecular weight excluding hydrogens is 205 g/mol. The van der Waals surface area contributed by atoms with Crippen LogP contribution in [0.5, 0.6) is 0 Å². The second-order valence-corrected chi connectivity index (χ2v) is 2.10. The van der Waals surface area contributed by atoms with Crippen molar-refractivity contribution >= 4 is 5.97 Å². The summed E-state index contributed by atoms with van der Waals surface area (Å²) in [6.07, 6.45) is -5.04. The molecule has 0 N–H and O–H groups in total. The standard InChI is InChI=1S/C7H11F3O4/c1-3-12-6(13-4-2)14-5(11)7(8,9)10/h6H,3-4H2,1-2H3. The maximum Gasteiger partial charge on any atom is 0.491 e. The molecule has 0 saturated carbocycles. The first-order valence-corrected chi connectivity index (χ1v) is 3.92. The Morgan fingerprint density at radius 1 is 1.21 bits per heavy atom. The number of carbonyl (C=O) groups is 1. The van der Waals surface area contributed by atoms with Crippen molar-refractivity contribution in [3.05, 3.63) is 0 Å². The molecule has 0 aromatic heterocycles. The highest BCUT2D eigenvalue weighted by Crippen LogP contribution is 2.17. The zero-order valence-corrected chi connectivity index (χ0v) is 7.76. The third-order valence-electron chi connectivity index (χ3n) is 1.04. The Labute approximate surface area is 78.9 Å². The number of esters is 1. The minimum atomic E-state index is -5.04. The fraction of sp³-hybridized carbons (Fsp3) is 0.857. The summed E-state index contributed by atoms with van der Waals surface area (Å²) in [6, 6.07) is 0. The molecule has 0 amide bonds. The molecule has 14 heavy (non-hydrogen) atoms. The highest BCUT2D eigenvalue weighted by Gasteiger charge is 2.42. The van der Waals surface area contributed by atoms with E-state index in [1.165, 1.54) is 13.8 Å². The summed E-state index contributed by atoms with van der Waals surface area (Å²) in [7, 11) is 0. The van der Waals surface area contributed by atoms with Gasteiger partial charge in [0.05, 0.1) is 13.2 Å². The lowest BCUT2D eigenvalue weighted by Gasteiger charge is -2.17. The Balaban J connectivity index is 4.08. The summed E-state index contributed by atoms with van der Waals surface area (Å²) >= 11 is 0. The minimum absolute atomic E-state index is 0.0792. The van der Waals surface area contributed by atoms with Gasteiger partial charge in [-0.05, 0) is 13.8 Å². The van der Waals surface area contributed by atoms with Crippen LogP contribution in [0.2, 0.25) is 0 Å². The summed E-state index contributed by atoms with van der Waals surface area (Å²) in [5, 5.41) is 0. The second-order valence-electron chi connectivity index (χ2n) is 2.10. The first kappa shape index (κ1) is 13.2. The first-order chi connectivity index (χ1) is 6.41. The Morgan fingerprint density at radius 2 is 1.64 bits per heavy atom. The van der Waals surface area contributed by atoms with Gasteiger partial charge in [0, 0.05) is 0 Å². The van der Waals surface area contributed by atoms with Crippen LogP contribution in [0.3, 0.4) is 0 Å². The molecule has 0 aliphatic rings. The van der Waals surface area contributed by atoms with Crippen LogP contribution in [0.4, 0.5) is 13.2 Å². The van der Waals surface area contributed by atoms with Crippen LogP contribution in [0.25, 0.3) is 0 Å². The molecule has 7 heteroatoms. The van der Waals surface area contributed by atoms with Crippen LogP contribution in [0.15, 0.2) is 0 Å². The Bertz CT molecular complexity index is 174. The molecule has 4 nitrogen and oxygen atoms in total. The predicted molar refractivity (Wildman–Crippen MR) is 39.2 cm³/mol. The largest absolute Gasteiger partial charge is 0.491 e. The number of rotatable bonds is 5. The van der Waals surface area contributed by atoms with Gasteiger partial charge < -0.3 is 14.2 Å². The second kappa shape index (κ2) is 5.82. The number of carbonyl (C=O) groups excluding carboxylic acids is 1. The zero-order chi connectivity index (χ0) is 11.2. The molecule has 0 bridgehead atoms. The molecule has 0 aromatic rings. The van der Waals surface area contributed by atoms with Crippen LogP contribution >= 0.6 is 0 Å².